The van der Waals surface area contributed by atoms with Gasteiger partial charge >= 0.3 is 12.0 Å². The Labute approximate surface area is 468 Å². The van der Waals surface area contributed by atoms with Gasteiger partial charge in [-0.1, -0.05) is 106 Å². The fourth-order valence-corrected chi connectivity index (χ4v) is 9.88. The van der Waals surface area contributed by atoms with Gasteiger partial charge in [0.2, 0.25) is 0 Å². The number of aliphatic hydroxyl groups is 8. The van der Waals surface area contributed by atoms with E-state index in [-0.39, 0.29) is 81.5 Å². The number of carbonyl (C=O) groups is 5. The van der Waals surface area contributed by atoms with Crippen molar-refractivity contribution < 1.29 is 83.8 Å². The lowest BCUT2D eigenvalue weighted by atomic mass is 9.83. The molecule has 0 saturated carbocycles. The Kier molecular flexibility index (Phi) is 28.5. The number of cyclic esters (lactones) is 1. The van der Waals surface area contributed by atoms with Crippen LogP contribution in [0.5, 0.6) is 0 Å². The van der Waals surface area contributed by atoms with Crippen LogP contribution in [-0.2, 0) is 33.3 Å². The Balaban J connectivity index is 1.54. The van der Waals surface area contributed by atoms with Gasteiger partial charge in [0.05, 0.1) is 67.5 Å². The third kappa shape index (κ3) is 23.5. The number of urea groups is 1. The number of rotatable bonds is 10. The van der Waals surface area contributed by atoms with Gasteiger partial charge in [0, 0.05) is 69.2 Å². The van der Waals surface area contributed by atoms with Gasteiger partial charge in [0.25, 0.3) is 0 Å². The van der Waals surface area contributed by atoms with Crippen molar-refractivity contribution in [3.8, 4) is 0 Å². The average Bonchev–Trinajstić information content (AvgIpc) is 3.42. The summed E-state index contributed by atoms with van der Waals surface area (Å²) in [5.41, 5.74) is 12.7. The van der Waals surface area contributed by atoms with E-state index >= 15 is 0 Å². The molecule has 17 atom stereocenters. The van der Waals surface area contributed by atoms with Crippen LogP contribution in [0.3, 0.4) is 0 Å². The standard InChI is InChI=1S/C59H86N4O17/c1-36-18-15-13-11-9-7-5-6-8-10-12-14-16-21-46(78-57-55(74)53(61)50(72)35-77-57)31-51-54(63-58(75)62-4)49(71)34-59(76,80-51)33-45(68)29-44(67)28-43(66)27-41(64)19-17-20-42(65)30-52(73)79-56(36)38(3)26-37(2)47(69)32-48(70)39-22-24-40(60)25-23-39/h5-16,18,21-25,36-38,43-47,49-51,53-57,66-69,71-72,74,76H,17,19-20,26-35,60-61H2,1-4H3,(H2,62,63,75)/b6-5+,9-7+,10-8+,13-11+,14-12+,18-15+,21-16+/t36?,37?,38?,43?,44?,45?,46?,47?,49?,50-,51?,53+,54?,55+,56?,57+,59?/m1/s1. The summed E-state index contributed by atoms with van der Waals surface area (Å²) in [5, 5.41) is 93.0. The van der Waals surface area contributed by atoms with Crippen molar-refractivity contribution in [1.29, 1.82) is 0 Å². The van der Waals surface area contributed by atoms with Crippen LogP contribution in [0.4, 0.5) is 10.5 Å². The van der Waals surface area contributed by atoms with Crippen molar-refractivity contribution in [2.45, 2.75) is 183 Å². The summed E-state index contributed by atoms with van der Waals surface area (Å²) < 4.78 is 23.8. The lowest BCUT2D eigenvalue weighted by Crippen LogP contribution is -2.63. The molecule has 3 aliphatic heterocycles. The molecule has 2 saturated heterocycles. The van der Waals surface area contributed by atoms with Crippen molar-refractivity contribution in [3.05, 3.63) is 115 Å². The zero-order valence-electron chi connectivity index (χ0n) is 46.2. The van der Waals surface area contributed by atoms with Gasteiger partial charge in [-0.05, 0) is 61.8 Å². The largest absolute Gasteiger partial charge is 0.461 e. The van der Waals surface area contributed by atoms with Crippen LogP contribution < -0.4 is 22.1 Å². The summed E-state index contributed by atoms with van der Waals surface area (Å²) in [4.78, 5) is 64.8. The molecule has 0 spiro atoms. The van der Waals surface area contributed by atoms with E-state index in [9.17, 15) is 64.8 Å². The quantitative estimate of drug-likeness (QED) is 0.0693. The minimum atomic E-state index is -2.23. The fraction of sp³-hybridized carbons (Fsp3) is 0.576. The molecule has 3 heterocycles. The molecule has 0 aliphatic carbocycles. The van der Waals surface area contributed by atoms with Crippen LogP contribution in [0.25, 0.3) is 0 Å². The van der Waals surface area contributed by atoms with E-state index in [1.54, 1.807) is 103 Å². The molecule has 14 N–H and O–H groups in total. The third-order valence-electron chi connectivity index (χ3n) is 14.3. The Hall–Kier alpha value is -5.53. The number of nitrogens with two attached hydrogens (primary N) is 2. The number of amides is 2. The number of allylic oxidation sites excluding steroid dienone is 12. The summed E-state index contributed by atoms with van der Waals surface area (Å²) in [6.07, 6.45) is 8.37. The Morgan fingerprint density at radius 1 is 0.787 bits per heavy atom. The lowest BCUT2D eigenvalue weighted by Gasteiger charge is -2.46. The van der Waals surface area contributed by atoms with Crippen molar-refractivity contribution in [3.63, 3.8) is 0 Å². The SMILES string of the molecule is CNC(=O)NC1C(O)CC2(O)CC(O)CC(O)CC(O)CC(=O)CCCC(=O)CC(=O)OC(C(C)CC(C)C(O)CC(=O)c3ccc(N)cc3)C(C)/C=C/C=C/C=C/C=C/C=C/C=C/C=C/C(O[C@@H]3OC[C@@H](O)[C@H](N)[C@@H]3O)CC1O2. The van der Waals surface area contributed by atoms with E-state index in [2.05, 4.69) is 10.6 Å². The second-order valence-corrected chi connectivity index (χ2v) is 21.3. The molecule has 21 heteroatoms. The molecule has 444 valence electrons. The predicted octanol–water partition coefficient (Wildman–Crippen LogP) is 2.98. The highest BCUT2D eigenvalue weighted by atomic mass is 16.7. The van der Waals surface area contributed by atoms with E-state index in [4.69, 9.17) is 30.4 Å². The number of nitrogens with one attached hydrogen (secondary N) is 2. The molecule has 13 unspecified atom stereocenters. The summed E-state index contributed by atoms with van der Waals surface area (Å²) in [6, 6.07) is 3.52. The second-order valence-electron chi connectivity index (χ2n) is 21.3. The highest BCUT2D eigenvalue weighted by Crippen LogP contribution is 2.35. The Morgan fingerprint density at radius 3 is 2.00 bits per heavy atom. The molecule has 2 fully saturated rings. The summed E-state index contributed by atoms with van der Waals surface area (Å²) in [6.45, 7) is 5.31. The number of nitrogen functional groups attached to an aromatic ring is 1. The smallest absolute Gasteiger partial charge is 0.314 e. The molecular formula is C59H86N4O17. The maximum absolute atomic E-state index is 13.3. The first kappa shape index (κ1) is 67.0. The zero-order chi connectivity index (χ0) is 58.9. The number of fused-ring (bicyclic) bond motifs is 2. The molecule has 2 bridgehead atoms. The number of anilines is 1. The normalized spacial score (nSPS) is 35.6. The monoisotopic (exact) mass is 1120 g/mol. The highest BCUT2D eigenvalue weighted by Gasteiger charge is 2.48. The van der Waals surface area contributed by atoms with Crippen molar-refractivity contribution in [1.82, 2.24) is 10.6 Å². The second kappa shape index (κ2) is 34.0. The average molecular weight is 1120 g/mol. The number of hydrogen-bond donors (Lipinski definition) is 12. The predicted molar refractivity (Wildman–Crippen MR) is 298 cm³/mol. The van der Waals surface area contributed by atoms with Crippen molar-refractivity contribution in [2.75, 3.05) is 19.4 Å². The Bertz CT molecular complexity index is 2340. The summed E-state index contributed by atoms with van der Waals surface area (Å²) >= 11 is 0. The van der Waals surface area contributed by atoms with E-state index in [0.29, 0.717) is 17.7 Å². The number of ether oxygens (including phenoxy) is 4. The minimum absolute atomic E-state index is 0.0788. The number of esters is 1. The van der Waals surface area contributed by atoms with E-state index in [1.807, 2.05) is 26.8 Å². The van der Waals surface area contributed by atoms with Gasteiger partial charge in [0.1, 0.15) is 30.2 Å². The molecule has 21 nitrogen and oxygen atoms in total. The van der Waals surface area contributed by atoms with Gasteiger partial charge in [-0.25, -0.2) is 4.79 Å². The number of Topliss-reactive ketones (excluding diaryl/α,β-unsaturated/α-hetero) is 3. The van der Waals surface area contributed by atoms with Crippen LogP contribution in [0, 0.1) is 17.8 Å². The first-order valence-electron chi connectivity index (χ1n) is 27.4. The molecule has 3 aliphatic rings. The van der Waals surface area contributed by atoms with Gasteiger partial charge in [-0.15, -0.1) is 0 Å². The molecular weight excluding hydrogens is 1040 g/mol. The third-order valence-corrected chi connectivity index (χ3v) is 14.3. The zero-order valence-corrected chi connectivity index (χ0v) is 46.2. The number of carbonyl (C=O) groups excluding carboxylic acids is 5. The first-order chi connectivity index (χ1) is 38.0. The molecule has 1 aromatic rings. The first-order valence-corrected chi connectivity index (χ1v) is 27.4. The topological polar surface area (TPSA) is 360 Å². The maximum Gasteiger partial charge on any atom is 0.314 e. The van der Waals surface area contributed by atoms with Crippen LogP contribution in [-0.4, -0.2) is 169 Å². The molecule has 1 aromatic carbocycles. The summed E-state index contributed by atoms with van der Waals surface area (Å²) in [7, 11) is 1.37. The van der Waals surface area contributed by atoms with Crippen LogP contribution >= 0.6 is 0 Å². The van der Waals surface area contributed by atoms with E-state index in [0.717, 1.165) is 0 Å². The van der Waals surface area contributed by atoms with E-state index in [1.165, 1.54) is 7.05 Å². The molecule has 0 aromatic heterocycles. The van der Waals surface area contributed by atoms with Gasteiger partial charge in [-0.3, -0.25) is 19.2 Å². The van der Waals surface area contributed by atoms with Crippen LogP contribution in [0.1, 0.15) is 108 Å². The van der Waals surface area contributed by atoms with Crippen LogP contribution in [0.2, 0.25) is 0 Å². The van der Waals surface area contributed by atoms with Gasteiger partial charge in [-0.2, -0.15) is 0 Å². The van der Waals surface area contributed by atoms with Gasteiger partial charge < -0.3 is 81.9 Å². The number of aliphatic hydroxyl groups excluding tert-OH is 7. The molecule has 4 rings (SSSR count). The van der Waals surface area contributed by atoms with Crippen LogP contribution in [0.15, 0.2) is 109 Å². The molecule has 2 amide bonds. The molecule has 80 heavy (non-hydrogen) atoms. The Morgan fingerprint density at radius 2 is 1.38 bits per heavy atom. The number of ketones is 3. The fourth-order valence-electron chi connectivity index (χ4n) is 9.88. The maximum atomic E-state index is 13.3. The number of hydrogen-bond acceptors (Lipinski definition) is 19. The van der Waals surface area contributed by atoms with E-state index < -0.39 is 128 Å². The summed E-state index contributed by atoms with van der Waals surface area (Å²) in [5.74, 6) is -5.14. The minimum Gasteiger partial charge on any atom is -0.461 e. The highest BCUT2D eigenvalue weighted by molar-refractivity contribution is 5.97. The van der Waals surface area contributed by atoms with Crippen molar-refractivity contribution >= 4 is 35.0 Å². The van der Waals surface area contributed by atoms with Crippen molar-refractivity contribution in [2.24, 2.45) is 23.5 Å². The number of benzene rings is 1. The van der Waals surface area contributed by atoms with Gasteiger partial charge in [0.15, 0.2) is 17.9 Å². The lowest BCUT2D eigenvalue weighted by molar-refractivity contribution is -0.298. The molecule has 0 radical (unpaired) electrons.